The predicted octanol–water partition coefficient (Wildman–Crippen LogP) is 2.28. The minimum Gasteiger partial charge on any atom is -0.391 e. The molecular formula is C18H30N4O2. The van der Waals surface area contributed by atoms with Crippen LogP contribution in [-0.4, -0.2) is 41.9 Å². The van der Waals surface area contributed by atoms with Gasteiger partial charge in [0.1, 0.15) is 5.82 Å². The number of nitrogens with one attached hydrogen (secondary N) is 2. The Morgan fingerprint density at radius 1 is 1.29 bits per heavy atom. The van der Waals surface area contributed by atoms with Crippen LogP contribution < -0.4 is 15.5 Å². The van der Waals surface area contributed by atoms with Crippen molar-refractivity contribution >= 4 is 11.8 Å². The minimum absolute atomic E-state index is 0.241. The van der Waals surface area contributed by atoms with Crippen LogP contribution in [0, 0.1) is 5.41 Å². The summed E-state index contributed by atoms with van der Waals surface area (Å²) in [7, 11) is 0. The lowest BCUT2D eigenvalue weighted by molar-refractivity contribution is 0.0650. The highest BCUT2D eigenvalue weighted by Crippen LogP contribution is 2.19. The second-order valence-electron chi connectivity index (χ2n) is 7.52. The fraction of sp³-hybridized carbons (Fsp3) is 0.667. The van der Waals surface area contributed by atoms with Crippen LogP contribution in [0.15, 0.2) is 18.3 Å². The lowest BCUT2D eigenvalue weighted by Crippen LogP contribution is -2.43. The van der Waals surface area contributed by atoms with Crippen LogP contribution in [0.25, 0.3) is 0 Å². The number of carbonyl (C=O) groups excluding carboxylic acids is 1. The van der Waals surface area contributed by atoms with E-state index in [1.54, 1.807) is 6.20 Å². The lowest BCUT2D eigenvalue weighted by atomic mass is 9.89. The molecule has 1 fully saturated rings. The highest BCUT2D eigenvalue weighted by atomic mass is 16.3. The van der Waals surface area contributed by atoms with Crippen LogP contribution in [0.4, 0.5) is 10.6 Å². The summed E-state index contributed by atoms with van der Waals surface area (Å²) in [6, 6.07) is 3.68. The van der Waals surface area contributed by atoms with Gasteiger partial charge in [0.2, 0.25) is 0 Å². The molecule has 1 aliphatic rings. The third-order valence-corrected chi connectivity index (χ3v) is 4.40. The van der Waals surface area contributed by atoms with Gasteiger partial charge in [0, 0.05) is 32.4 Å². The summed E-state index contributed by atoms with van der Waals surface area (Å²) in [5.41, 5.74) is 0.777. The molecule has 1 aromatic rings. The third-order valence-electron chi connectivity index (χ3n) is 4.40. The summed E-state index contributed by atoms with van der Waals surface area (Å²) in [6.45, 7) is 8.61. The van der Waals surface area contributed by atoms with Gasteiger partial charge in [0.25, 0.3) is 0 Å². The minimum atomic E-state index is -0.574. The molecule has 6 nitrogen and oxygen atoms in total. The Bertz CT molecular complexity index is 536. The molecule has 0 aromatic carbocycles. The zero-order valence-corrected chi connectivity index (χ0v) is 15.0. The zero-order chi connectivity index (χ0) is 17.6. The van der Waals surface area contributed by atoms with E-state index in [4.69, 9.17) is 0 Å². The Balaban J connectivity index is 1.80. The number of piperidine rings is 1. The molecule has 0 aliphatic carbocycles. The average Bonchev–Trinajstić information content (AvgIpc) is 2.58. The van der Waals surface area contributed by atoms with Gasteiger partial charge in [-0.3, -0.25) is 0 Å². The van der Waals surface area contributed by atoms with Crippen LogP contribution in [0.1, 0.15) is 45.6 Å². The maximum atomic E-state index is 11.9. The number of anilines is 1. The summed E-state index contributed by atoms with van der Waals surface area (Å²) in [5, 5.41) is 15.5. The first-order chi connectivity index (χ1) is 11.4. The molecule has 2 heterocycles. The summed E-state index contributed by atoms with van der Waals surface area (Å²) in [6.07, 6.45) is 4.93. The van der Waals surface area contributed by atoms with E-state index in [2.05, 4.69) is 20.5 Å². The second-order valence-corrected chi connectivity index (χ2v) is 7.52. The molecule has 0 bridgehead atoms. The van der Waals surface area contributed by atoms with Gasteiger partial charge in [0.05, 0.1) is 6.10 Å². The predicted molar refractivity (Wildman–Crippen MR) is 96.0 cm³/mol. The molecule has 24 heavy (non-hydrogen) atoms. The van der Waals surface area contributed by atoms with Crippen molar-refractivity contribution in [3.05, 3.63) is 23.9 Å². The Labute approximate surface area is 144 Å². The van der Waals surface area contributed by atoms with Gasteiger partial charge in [0.15, 0.2) is 0 Å². The number of pyridine rings is 1. The van der Waals surface area contributed by atoms with Crippen molar-refractivity contribution in [1.29, 1.82) is 0 Å². The van der Waals surface area contributed by atoms with E-state index in [-0.39, 0.29) is 18.0 Å². The number of aliphatic hydroxyl groups excluding tert-OH is 1. The van der Waals surface area contributed by atoms with Gasteiger partial charge < -0.3 is 20.6 Å². The van der Waals surface area contributed by atoms with Gasteiger partial charge in [-0.15, -0.1) is 0 Å². The molecule has 2 amide bonds. The molecule has 1 atom stereocenters. The summed E-state index contributed by atoms with van der Waals surface area (Å²) >= 11 is 0. The van der Waals surface area contributed by atoms with E-state index < -0.39 is 6.10 Å². The van der Waals surface area contributed by atoms with Crippen LogP contribution in [0.3, 0.4) is 0 Å². The van der Waals surface area contributed by atoms with Gasteiger partial charge in [-0.05, 0) is 42.4 Å². The number of hydrogen-bond donors (Lipinski definition) is 3. The number of rotatable bonds is 5. The monoisotopic (exact) mass is 334 g/mol. The maximum Gasteiger partial charge on any atom is 0.315 e. The number of carbonyl (C=O) groups is 1. The molecular weight excluding hydrogens is 304 g/mol. The first kappa shape index (κ1) is 18.5. The molecule has 0 radical (unpaired) electrons. The smallest absolute Gasteiger partial charge is 0.315 e. The van der Waals surface area contributed by atoms with Gasteiger partial charge >= 0.3 is 6.03 Å². The molecule has 3 N–H and O–H groups in total. The van der Waals surface area contributed by atoms with Crippen molar-refractivity contribution in [3.8, 4) is 0 Å². The molecule has 1 unspecified atom stereocenters. The lowest BCUT2D eigenvalue weighted by Gasteiger charge is -2.28. The van der Waals surface area contributed by atoms with Gasteiger partial charge in [-0.25, -0.2) is 9.78 Å². The molecule has 1 aliphatic heterocycles. The second kappa shape index (κ2) is 8.33. The Morgan fingerprint density at radius 3 is 2.67 bits per heavy atom. The largest absolute Gasteiger partial charge is 0.391 e. The summed E-state index contributed by atoms with van der Waals surface area (Å²) in [5.74, 6) is 0.984. The van der Waals surface area contributed by atoms with E-state index in [0.717, 1.165) is 24.5 Å². The molecule has 6 heteroatoms. The Kier molecular flexibility index (Phi) is 6.43. The van der Waals surface area contributed by atoms with Gasteiger partial charge in [-0.1, -0.05) is 20.8 Å². The molecule has 1 saturated heterocycles. The van der Waals surface area contributed by atoms with Crippen LogP contribution >= 0.6 is 0 Å². The fourth-order valence-electron chi connectivity index (χ4n) is 2.61. The highest BCUT2D eigenvalue weighted by molar-refractivity contribution is 5.73. The Hall–Kier alpha value is -1.82. The molecule has 2 rings (SSSR count). The quantitative estimate of drug-likeness (QED) is 0.772. The maximum absolute atomic E-state index is 11.9. The van der Waals surface area contributed by atoms with E-state index in [1.807, 2.05) is 32.9 Å². The van der Waals surface area contributed by atoms with Crippen molar-refractivity contribution in [2.45, 2.75) is 52.7 Å². The number of aromatic nitrogens is 1. The number of hydrogen-bond acceptors (Lipinski definition) is 4. The SMILES string of the molecule is CC(C)(C)C(O)CNC(=O)NCc1ccnc(N2CCCCC2)c1. The van der Waals surface area contributed by atoms with Gasteiger partial charge in [-0.2, -0.15) is 0 Å². The topological polar surface area (TPSA) is 77.5 Å². The van der Waals surface area contributed by atoms with Crippen molar-refractivity contribution in [2.75, 3.05) is 24.5 Å². The molecule has 0 spiro atoms. The van der Waals surface area contributed by atoms with Crippen LogP contribution in [0.2, 0.25) is 0 Å². The third kappa shape index (κ3) is 5.67. The van der Waals surface area contributed by atoms with Crippen molar-refractivity contribution in [2.24, 2.45) is 5.41 Å². The number of nitrogens with zero attached hydrogens (tertiary/aromatic N) is 2. The average molecular weight is 334 g/mol. The highest BCUT2D eigenvalue weighted by Gasteiger charge is 2.22. The summed E-state index contributed by atoms with van der Waals surface area (Å²) < 4.78 is 0. The van der Waals surface area contributed by atoms with E-state index in [9.17, 15) is 9.90 Å². The van der Waals surface area contributed by atoms with Crippen molar-refractivity contribution in [3.63, 3.8) is 0 Å². The summed E-state index contributed by atoms with van der Waals surface area (Å²) in [4.78, 5) is 18.6. The van der Waals surface area contributed by atoms with Crippen molar-refractivity contribution in [1.82, 2.24) is 15.6 Å². The first-order valence-electron chi connectivity index (χ1n) is 8.76. The van der Waals surface area contributed by atoms with Crippen molar-refractivity contribution < 1.29 is 9.90 Å². The number of urea groups is 1. The van der Waals surface area contributed by atoms with E-state index in [1.165, 1.54) is 19.3 Å². The fourth-order valence-corrected chi connectivity index (χ4v) is 2.61. The normalized spacial score (nSPS) is 16.6. The van der Waals surface area contributed by atoms with E-state index in [0.29, 0.717) is 6.54 Å². The first-order valence-corrected chi connectivity index (χ1v) is 8.76. The molecule has 1 aromatic heterocycles. The number of aliphatic hydroxyl groups is 1. The zero-order valence-electron chi connectivity index (χ0n) is 15.0. The standard InChI is InChI=1S/C18H30N4O2/c1-18(2,3)15(23)13-21-17(24)20-12-14-7-8-19-16(11-14)22-9-5-4-6-10-22/h7-8,11,15,23H,4-6,9-10,12-13H2,1-3H3,(H2,20,21,24). The van der Waals surface area contributed by atoms with Crippen LogP contribution in [0.5, 0.6) is 0 Å². The molecule has 134 valence electrons. The molecule has 0 saturated carbocycles. The van der Waals surface area contributed by atoms with Crippen LogP contribution in [-0.2, 0) is 6.54 Å². The Morgan fingerprint density at radius 2 is 2.00 bits per heavy atom. The number of amides is 2. The van der Waals surface area contributed by atoms with E-state index >= 15 is 0 Å².